The number of halogens is 1. The van der Waals surface area contributed by atoms with Crippen molar-refractivity contribution in [3.8, 4) is 0 Å². The van der Waals surface area contributed by atoms with E-state index in [1.165, 1.54) is 6.07 Å². The molecule has 1 aromatic rings. The Morgan fingerprint density at radius 3 is 2.09 bits per heavy atom. The Morgan fingerprint density at radius 2 is 1.65 bits per heavy atom. The molecule has 0 aromatic heterocycles. The van der Waals surface area contributed by atoms with E-state index in [0.29, 0.717) is 11.3 Å². The first-order valence-electron chi connectivity index (χ1n) is 6.97. The molecule has 0 bridgehead atoms. The van der Waals surface area contributed by atoms with Gasteiger partial charge < -0.3 is 11.1 Å². The van der Waals surface area contributed by atoms with Gasteiger partial charge in [0.05, 0.1) is 10.4 Å². The van der Waals surface area contributed by atoms with Gasteiger partial charge in [0.1, 0.15) is 0 Å². The fourth-order valence-corrected chi connectivity index (χ4v) is 3.41. The van der Waals surface area contributed by atoms with Crippen LogP contribution in [-0.2, 0) is 14.8 Å². The molecule has 0 aliphatic carbocycles. The van der Waals surface area contributed by atoms with Crippen LogP contribution < -0.4 is 15.8 Å². The fraction of sp³-hybridized carbons (Fsp3) is 0.533. The summed E-state index contributed by atoms with van der Waals surface area (Å²) < 4.78 is 27.5. The Kier molecular flexibility index (Phi) is 6.81. The molecule has 0 atom stereocenters. The lowest BCUT2D eigenvalue weighted by Gasteiger charge is -2.22. The first-order valence-corrected chi connectivity index (χ1v) is 8.46. The van der Waals surface area contributed by atoms with E-state index in [1.54, 1.807) is 53.7 Å². The van der Waals surface area contributed by atoms with Crippen LogP contribution in [0.5, 0.6) is 0 Å². The molecule has 1 amide bonds. The summed E-state index contributed by atoms with van der Waals surface area (Å²) in [5, 5.41) is 2.63. The first-order chi connectivity index (χ1) is 9.72. The number of rotatable bonds is 4. The van der Waals surface area contributed by atoms with E-state index < -0.39 is 21.1 Å². The largest absolute Gasteiger partial charge is 0.324 e. The molecule has 1 rings (SSSR count). The maximum absolute atomic E-state index is 12.5. The van der Waals surface area contributed by atoms with Crippen molar-refractivity contribution in [1.82, 2.24) is 4.72 Å². The topological polar surface area (TPSA) is 101 Å². The molecule has 8 heteroatoms. The summed E-state index contributed by atoms with van der Waals surface area (Å²) >= 11 is 0. The van der Waals surface area contributed by atoms with E-state index in [-0.39, 0.29) is 23.2 Å². The zero-order valence-electron chi connectivity index (χ0n) is 14.4. The summed E-state index contributed by atoms with van der Waals surface area (Å²) in [5.41, 5.74) is 5.07. The highest BCUT2D eigenvalue weighted by Gasteiger charge is 2.25. The summed E-state index contributed by atoms with van der Waals surface area (Å²) in [4.78, 5) is 12.0. The number of sulfonamides is 1. The van der Waals surface area contributed by atoms with E-state index in [2.05, 4.69) is 10.0 Å². The van der Waals surface area contributed by atoms with Gasteiger partial charge in [0.2, 0.25) is 15.9 Å². The summed E-state index contributed by atoms with van der Waals surface area (Å²) in [6, 6.07) is 4.73. The molecule has 0 aliphatic rings. The molecule has 0 unspecified atom stereocenters. The van der Waals surface area contributed by atoms with Crippen molar-refractivity contribution in [2.75, 3.05) is 5.32 Å². The van der Waals surface area contributed by atoms with Crippen LogP contribution >= 0.6 is 12.4 Å². The van der Waals surface area contributed by atoms with Crippen molar-refractivity contribution >= 4 is 34.0 Å². The van der Waals surface area contributed by atoms with Crippen molar-refractivity contribution in [2.24, 2.45) is 5.73 Å². The summed E-state index contributed by atoms with van der Waals surface area (Å²) in [6.07, 6.45) is 0. The smallest absolute Gasteiger partial charge is 0.243 e. The molecule has 0 saturated heterocycles. The Bertz CT molecular complexity index is 674. The van der Waals surface area contributed by atoms with Gasteiger partial charge >= 0.3 is 0 Å². The molecular weight excluding hydrogens is 338 g/mol. The van der Waals surface area contributed by atoms with E-state index in [4.69, 9.17) is 5.73 Å². The molecule has 0 spiro atoms. The highest BCUT2D eigenvalue weighted by molar-refractivity contribution is 7.89. The standard InChI is InChI=1S/C15H25N3O3S.ClH/c1-10-7-8-11(17-13(19)15(5,6)16)9-12(10)22(20,21)18-14(2,3)4;/h7-9,18H,16H2,1-6H3,(H,17,19);1H. The first kappa shape index (κ1) is 21.9. The predicted octanol–water partition coefficient (Wildman–Crippen LogP) is 2.17. The Balaban J connectivity index is 0.00000484. The molecule has 0 saturated carbocycles. The zero-order valence-corrected chi connectivity index (χ0v) is 16.0. The lowest BCUT2D eigenvalue weighted by molar-refractivity contribution is -0.120. The van der Waals surface area contributed by atoms with Crippen LogP contribution in [0.25, 0.3) is 0 Å². The van der Waals surface area contributed by atoms with Crippen molar-refractivity contribution < 1.29 is 13.2 Å². The van der Waals surface area contributed by atoms with E-state index in [9.17, 15) is 13.2 Å². The highest BCUT2D eigenvalue weighted by Crippen LogP contribution is 2.22. The molecule has 6 nitrogen and oxygen atoms in total. The number of hydrogen-bond donors (Lipinski definition) is 3. The number of carbonyl (C=O) groups excluding carboxylic acids is 1. The number of aryl methyl sites for hydroxylation is 1. The monoisotopic (exact) mass is 363 g/mol. The van der Waals surface area contributed by atoms with E-state index in [1.807, 2.05) is 0 Å². The maximum atomic E-state index is 12.5. The number of nitrogens with two attached hydrogens (primary N) is 1. The normalized spacial score (nSPS) is 12.5. The number of anilines is 1. The quantitative estimate of drug-likeness (QED) is 0.762. The van der Waals surface area contributed by atoms with Crippen LogP contribution in [0, 0.1) is 6.92 Å². The van der Waals surface area contributed by atoms with Gasteiger partial charge in [-0.3, -0.25) is 4.79 Å². The fourth-order valence-electron chi connectivity index (χ4n) is 1.72. The molecule has 0 fully saturated rings. The zero-order chi connectivity index (χ0) is 17.3. The predicted molar refractivity (Wildman–Crippen MR) is 95.4 cm³/mol. The molecule has 23 heavy (non-hydrogen) atoms. The van der Waals surface area contributed by atoms with Crippen LogP contribution in [0.15, 0.2) is 23.1 Å². The molecule has 0 aliphatic heterocycles. The van der Waals surface area contributed by atoms with Gasteiger partial charge in [-0.2, -0.15) is 0 Å². The molecule has 1 aromatic carbocycles. The van der Waals surface area contributed by atoms with Crippen molar-refractivity contribution in [1.29, 1.82) is 0 Å². The van der Waals surface area contributed by atoms with Crippen LogP contribution in [0.2, 0.25) is 0 Å². The van der Waals surface area contributed by atoms with Crippen molar-refractivity contribution in [3.05, 3.63) is 23.8 Å². The van der Waals surface area contributed by atoms with Crippen molar-refractivity contribution in [2.45, 2.75) is 57.5 Å². The van der Waals surface area contributed by atoms with Gasteiger partial charge in [-0.25, -0.2) is 13.1 Å². The SMILES string of the molecule is Cc1ccc(NC(=O)C(C)(C)N)cc1S(=O)(=O)NC(C)(C)C.Cl. The third kappa shape index (κ3) is 6.47. The molecular formula is C15H26ClN3O3S. The van der Waals surface area contributed by atoms with E-state index in [0.717, 1.165) is 0 Å². The van der Waals surface area contributed by atoms with Gasteiger partial charge in [-0.15, -0.1) is 12.4 Å². The molecule has 0 radical (unpaired) electrons. The average Bonchev–Trinajstić information content (AvgIpc) is 2.26. The Hall–Kier alpha value is -1.15. The van der Waals surface area contributed by atoms with Crippen LogP contribution in [0.3, 0.4) is 0 Å². The lowest BCUT2D eigenvalue weighted by Crippen LogP contribution is -2.45. The maximum Gasteiger partial charge on any atom is 0.243 e. The second kappa shape index (κ2) is 7.17. The number of hydrogen-bond acceptors (Lipinski definition) is 4. The Morgan fingerprint density at radius 1 is 1.13 bits per heavy atom. The van der Waals surface area contributed by atoms with Gasteiger partial charge in [0.15, 0.2) is 0 Å². The lowest BCUT2D eigenvalue weighted by atomic mass is 10.1. The van der Waals surface area contributed by atoms with E-state index >= 15 is 0 Å². The van der Waals surface area contributed by atoms with Gasteiger partial charge in [-0.1, -0.05) is 6.07 Å². The number of amides is 1. The van der Waals surface area contributed by atoms with Crippen LogP contribution in [-0.4, -0.2) is 25.4 Å². The minimum Gasteiger partial charge on any atom is -0.324 e. The van der Waals surface area contributed by atoms with Gasteiger partial charge in [0, 0.05) is 11.2 Å². The molecule has 132 valence electrons. The highest BCUT2D eigenvalue weighted by atomic mass is 35.5. The number of benzene rings is 1. The minimum absolute atomic E-state index is 0. The minimum atomic E-state index is -3.67. The second-order valence-corrected chi connectivity index (χ2v) is 8.66. The third-order valence-electron chi connectivity index (χ3n) is 2.76. The molecule has 0 heterocycles. The Labute approximate surface area is 144 Å². The third-order valence-corrected chi connectivity index (χ3v) is 4.66. The second-order valence-electron chi connectivity index (χ2n) is 7.01. The van der Waals surface area contributed by atoms with Crippen LogP contribution in [0.4, 0.5) is 5.69 Å². The summed E-state index contributed by atoms with van der Waals surface area (Å²) in [5.74, 6) is -0.386. The van der Waals surface area contributed by atoms with Gasteiger partial charge in [0.25, 0.3) is 0 Å². The van der Waals surface area contributed by atoms with Crippen molar-refractivity contribution in [3.63, 3.8) is 0 Å². The van der Waals surface area contributed by atoms with Crippen LogP contribution in [0.1, 0.15) is 40.2 Å². The molecule has 4 N–H and O–H groups in total. The summed E-state index contributed by atoms with van der Waals surface area (Å²) in [7, 11) is -3.67. The van der Waals surface area contributed by atoms with Gasteiger partial charge in [-0.05, 0) is 59.2 Å². The summed E-state index contributed by atoms with van der Waals surface area (Å²) in [6.45, 7) is 10.2. The number of nitrogens with one attached hydrogen (secondary N) is 2. The number of carbonyl (C=O) groups is 1. The average molecular weight is 364 g/mol.